The molecule has 2 rings (SSSR count). The Morgan fingerprint density at radius 1 is 1.47 bits per heavy atom. The van der Waals surface area contributed by atoms with E-state index in [-0.39, 0.29) is 11.4 Å². The Kier molecular flexibility index (Phi) is 4.28. The molecule has 19 heavy (non-hydrogen) atoms. The third kappa shape index (κ3) is 3.59. The van der Waals surface area contributed by atoms with E-state index in [2.05, 4.69) is 25.9 Å². The summed E-state index contributed by atoms with van der Waals surface area (Å²) < 4.78 is 0.820. The highest BCUT2D eigenvalue weighted by atomic mass is 79.9. The number of benzene rings is 1. The van der Waals surface area contributed by atoms with E-state index in [4.69, 9.17) is 5.73 Å². The van der Waals surface area contributed by atoms with Gasteiger partial charge in [-0.1, -0.05) is 17.8 Å². The van der Waals surface area contributed by atoms with Gasteiger partial charge in [0.2, 0.25) is 0 Å². The van der Waals surface area contributed by atoms with Crippen molar-refractivity contribution in [2.45, 2.75) is 23.1 Å². The van der Waals surface area contributed by atoms with Gasteiger partial charge in [-0.3, -0.25) is 4.79 Å². The van der Waals surface area contributed by atoms with E-state index in [0.29, 0.717) is 5.16 Å². The minimum absolute atomic E-state index is 0.183. The molecule has 1 aromatic heterocycles. The van der Waals surface area contributed by atoms with Crippen molar-refractivity contribution < 1.29 is 5.11 Å². The predicted octanol–water partition coefficient (Wildman–Crippen LogP) is 2.32. The summed E-state index contributed by atoms with van der Waals surface area (Å²) in [5, 5.41) is 9.92. The van der Waals surface area contributed by atoms with Gasteiger partial charge < -0.3 is 15.8 Å². The smallest absolute Gasteiger partial charge is 0.253 e. The maximum atomic E-state index is 11.3. The molecular weight excluding hydrogens is 330 g/mol. The standard InChI is InChI=1S/C12H12BrN3O2S/c1-6(17)7-2-3-9(8(13)4-7)19-12-15-10(14)5-11(18)16-12/h2-6,17H,1H3,(H3,14,15,16,18)/t6-/m0/s1. The van der Waals surface area contributed by atoms with Crippen LogP contribution in [-0.2, 0) is 0 Å². The van der Waals surface area contributed by atoms with Crippen molar-refractivity contribution in [3.8, 4) is 0 Å². The molecule has 0 radical (unpaired) electrons. The summed E-state index contributed by atoms with van der Waals surface area (Å²) >= 11 is 4.71. The molecule has 0 aliphatic rings. The van der Waals surface area contributed by atoms with Gasteiger partial charge in [0.25, 0.3) is 5.56 Å². The molecule has 0 saturated heterocycles. The van der Waals surface area contributed by atoms with Gasteiger partial charge in [0.05, 0.1) is 6.10 Å². The van der Waals surface area contributed by atoms with Gasteiger partial charge in [0.15, 0.2) is 5.16 Å². The highest BCUT2D eigenvalue weighted by molar-refractivity contribution is 9.10. The highest BCUT2D eigenvalue weighted by Crippen LogP contribution is 2.33. The second kappa shape index (κ2) is 5.77. The molecule has 1 aromatic carbocycles. The molecule has 7 heteroatoms. The van der Waals surface area contributed by atoms with Crippen LogP contribution in [0, 0.1) is 0 Å². The maximum Gasteiger partial charge on any atom is 0.253 e. The Hall–Kier alpha value is -1.31. The Balaban J connectivity index is 2.30. The highest BCUT2D eigenvalue weighted by Gasteiger charge is 2.08. The number of nitrogens with two attached hydrogens (primary N) is 1. The SMILES string of the molecule is C[C@H](O)c1ccc(Sc2nc(N)cc(=O)[nH]2)c(Br)c1. The first-order valence-electron chi connectivity index (χ1n) is 5.48. The lowest BCUT2D eigenvalue weighted by Gasteiger charge is -2.08. The predicted molar refractivity (Wildman–Crippen MR) is 78.2 cm³/mol. The van der Waals surface area contributed by atoms with Crippen LogP contribution in [0.2, 0.25) is 0 Å². The van der Waals surface area contributed by atoms with E-state index < -0.39 is 6.10 Å². The number of H-pyrrole nitrogens is 1. The molecule has 100 valence electrons. The molecule has 2 aromatic rings. The van der Waals surface area contributed by atoms with Crippen molar-refractivity contribution in [3.63, 3.8) is 0 Å². The van der Waals surface area contributed by atoms with Crippen molar-refractivity contribution in [1.29, 1.82) is 0 Å². The molecule has 0 fully saturated rings. The van der Waals surface area contributed by atoms with Crippen LogP contribution in [0.25, 0.3) is 0 Å². The fourth-order valence-electron chi connectivity index (χ4n) is 1.47. The molecule has 5 nitrogen and oxygen atoms in total. The first kappa shape index (κ1) is 14.1. The molecular formula is C12H12BrN3O2S. The average Bonchev–Trinajstić information content (AvgIpc) is 2.30. The van der Waals surface area contributed by atoms with Gasteiger partial charge in [-0.2, -0.15) is 0 Å². The van der Waals surface area contributed by atoms with Gasteiger partial charge >= 0.3 is 0 Å². The Bertz CT molecular complexity index is 658. The number of aliphatic hydroxyl groups excluding tert-OH is 1. The van der Waals surface area contributed by atoms with Gasteiger partial charge in [0.1, 0.15) is 5.82 Å². The van der Waals surface area contributed by atoms with Crippen molar-refractivity contribution in [3.05, 3.63) is 44.7 Å². The quantitative estimate of drug-likeness (QED) is 0.745. The largest absolute Gasteiger partial charge is 0.389 e. The number of nitrogens with zero attached hydrogens (tertiary/aromatic N) is 1. The van der Waals surface area contributed by atoms with Gasteiger partial charge in [-0.15, -0.1) is 0 Å². The minimum Gasteiger partial charge on any atom is -0.389 e. The summed E-state index contributed by atoms with van der Waals surface area (Å²) in [4.78, 5) is 18.8. The molecule has 0 aliphatic carbocycles. The molecule has 4 N–H and O–H groups in total. The summed E-state index contributed by atoms with van der Waals surface area (Å²) in [7, 11) is 0. The zero-order valence-corrected chi connectivity index (χ0v) is 12.5. The van der Waals surface area contributed by atoms with Crippen LogP contribution in [0.5, 0.6) is 0 Å². The number of aromatic nitrogens is 2. The summed E-state index contributed by atoms with van der Waals surface area (Å²) in [5.41, 5.74) is 6.05. The van der Waals surface area contributed by atoms with Crippen LogP contribution in [-0.4, -0.2) is 15.1 Å². The van der Waals surface area contributed by atoms with E-state index in [1.165, 1.54) is 17.8 Å². The lowest BCUT2D eigenvalue weighted by molar-refractivity contribution is 0.199. The van der Waals surface area contributed by atoms with E-state index >= 15 is 0 Å². The van der Waals surface area contributed by atoms with Crippen LogP contribution >= 0.6 is 27.7 Å². The molecule has 0 aliphatic heterocycles. The molecule has 0 saturated carbocycles. The first-order chi connectivity index (χ1) is 8.95. The van der Waals surface area contributed by atoms with Crippen LogP contribution in [0.4, 0.5) is 5.82 Å². The zero-order valence-electron chi connectivity index (χ0n) is 10.1. The monoisotopic (exact) mass is 341 g/mol. The number of anilines is 1. The maximum absolute atomic E-state index is 11.3. The van der Waals surface area contributed by atoms with Crippen LogP contribution < -0.4 is 11.3 Å². The second-order valence-corrected chi connectivity index (χ2v) is 5.83. The number of nitrogens with one attached hydrogen (secondary N) is 1. The van der Waals surface area contributed by atoms with Crippen LogP contribution in [0.3, 0.4) is 0 Å². The van der Waals surface area contributed by atoms with Crippen molar-refractivity contribution in [2.75, 3.05) is 5.73 Å². The number of hydrogen-bond donors (Lipinski definition) is 3. The lowest BCUT2D eigenvalue weighted by atomic mass is 10.1. The number of rotatable bonds is 3. The summed E-state index contributed by atoms with van der Waals surface area (Å²) in [6.45, 7) is 1.70. The summed E-state index contributed by atoms with van der Waals surface area (Å²) in [5.74, 6) is 0.183. The molecule has 1 heterocycles. The Labute approximate surface area is 122 Å². The van der Waals surface area contributed by atoms with E-state index in [1.807, 2.05) is 18.2 Å². The first-order valence-corrected chi connectivity index (χ1v) is 7.09. The Morgan fingerprint density at radius 3 is 2.79 bits per heavy atom. The number of aliphatic hydroxyl groups is 1. The number of nitrogen functional groups attached to an aromatic ring is 1. The van der Waals surface area contributed by atoms with E-state index in [1.54, 1.807) is 6.92 Å². The van der Waals surface area contributed by atoms with Crippen molar-refractivity contribution in [1.82, 2.24) is 9.97 Å². The Morgan fingerprint density at radius 2 is 2.21 bits per heavy atom. The summed E-state index contributed by atoms with van der Waals surface area (Å²) in [6.07, 6.45) is -0.527. The number of halogens is 1. The topological polar surface area (TPSA) is 92.0 Å². The average molecular weight is 342 g/mol. The molecule has 0 bridgehead atoms. The van der Waals surface area contributed by atoms with E-state index in [0.717, 1.165) is 14.9 Å². The van der Waals surface area contributed by atoms with Crippen LogP contribution in [0.15, 0.2) is 43.6 Å². The molecule has 0 amide bonds. The molecule has 0 unspecified atom stereocenters. The minimum atomic E-state index is -0.527. The zero-order chi connectivity index (χ0) is 14.0. The third-order valence-electron chi connectivity index (χ3n) is 2.38. The summed E-state index contributed by atoms with van der Waals surface area (Å²) in [6, 6.07) is 6.73. The second-order valence-electron chi connectivity index (χ2n) is 3.94. The van der Waals surface area contributed by atoms with Gasteiger partial charge in [-0.05, 0) is 40.5 Å². The lowest BCUT2D eigenvalue weighted by Crippen LogP contribution is -2.09. The van der Waals surface area contributed by atoms with Crippen LogP contribution in [0.1, 0.15) is 18.6 Å². The number of aromatic amines is 1. The van der Waals surface area contributed by atoms with Crippen molar-refractivity contribution >= 4 is 33.5 Å². The molecule has 1 atom stereocenters. The molecule has 0 spiro atoms. The van der Waals surface area contributed by atoms with Gasteiger partial charge in [0, 0.05) is 15.4 Å². The van der Waals surface area contributed by atoms with Crippen molar-refractivity contribution in [2.24, 2.45) is 0 Å². The normalized spacial score (nSPS) is 12.4. The van der Waals surface area contributed by atoms with E-state index in [9.17, 15) is 9.90 Å². The third-order valence-corrected chi connectivity index (χ3v) is 4.27. The fraction of sp³-hybridized carbons (Fsp3) is 0.167. The van der Waals surface area contributed by atoms with Gasteiger partial charge in [-0.25, -0.2) is 4.98 Å². The number of hydrogen-bond acceptors (Lipinski definition) is 5. The fourth-order valence-corrected chi connectivity index (χ4v) is 2.91.